The molecule has 0 aliphatic heterocycles. The van der Waals surface area contributed by atoms with Crippen molar-refractivity contribution in [2.24, 2.45) is 10.8 Å². The first-order valence-electron chi connectivity index (χ1n) is 5.54. The number of aromatic nitrogens is 1. The average molecular weight is 225 g/mol. The van der Waals surface area contributed by atoms with Gasteiger partial charge in [0.2, 0.25) is 0 Å². The van der Waals surface area contributed by atoms with Crippen LogP contribution in [0.1, 0.15) is 58.2 Å². The van der Waals surface area contributed by atoms with Crippen molar-refractivity contribution in [3.8, 4) is 0 Å². The molecule has 0 fully saturated rings. The first-order chi connectivity index (χ1) is 6.62. The molecule has 1 rings (SSSR count). The van der Waals surface area contributed by atoms with Crippen LogP contribution in [0.25, 0.3) is 0 Å². The number of thiazole rings is 1. The lowest BCUT2D eigenvalue weighted by Gasteiger charge is -2.39. The lowest BCUT2D eigenvalue weighted by atomic mass is 9.67. The molecule has 0 atom stereocenters. The fourth-order valence-corrected chi connectivity index (χ4v) is 3.93. The second kappa shape index (κ2) is 3.89. The first kappa shape index (κ1) is 12.7. The van der Waals surface area contributed by atoms with Crippen molar-refractivity contribution in [1.29, 1.82) is 0 Å². The van der Waals surface area contributed by atoms with Gasteiger partial charge in [0.25, 0.3) is 0 Å². The Labute approximate surface area is 97.9 Å². The van der Waals surface area contributed by atoms with Crippen LogP contribution in [0, 0.1) is 17.8 Å². The van der Waals surface area contributed by atoms with Gasteiger partial charge in [0.1, 0.15) is 0 Å². The summed E-state index contributed by atoms with van der Waals surface area (Å²) in [6.07, 6.45) is 0. The number of hydrogen-bond acceptors (Lipinski definition) is 2. The topological polar surface area (TPSA) is 12.9 Å². The van der Waals surface area contributed by atoms with Crippen LogP contribution < -0.4 is 0 Å². The molecular formula is C13H23NS. The Hall–Kier alpha value is -0.370. The minimum Gasteiger partial charge on any atom is -0.246 e. The second-order valence-electron chi connectivity index (χ2n) is 6.49. The lowest BCUT2D eigenvalue weighted by Crippen LogP contribution is -2.30. The molecule has 0 aliphatic rings. The van der Waals surface area contributed by atoms with Gasteiger partial charge in [-0.25, -0.2) is 4.98 Å². The summed E-state index contributed by atoms with van der Waals surface area (Å²) in [6, 6.07) is 0. The smallest absolute Gasteiger partial charge is 0.0969 e. The molecule has 0 unspecified atom stereocenters. The van der Waals surface area contributed by atoms with E-state index in [2.05, 4.69) is 58.8 Å². The van der Waals surface area contributed by atoms with E-state index in [9.17, 15) is 0 Å². The highest BCUT2D eigenvalue weighted by Gasteiger charge is 2.37. The second-order valence-corrected chi connectivity index (χ2v) is 7.38. The summed E-state index contributed by atoms with van der Waals surface area (Å²) in [4.78, 5) is 4.66. The quantitative estimate of drug-likeness (QED) is 0.679. The molecule has 1 aromatic rings. The third-order valence-electron chi connectivity index (χ3n) is 2.62. The summed E-state index contributed by atoms with van der Waals surface area (Å²) in [5, 5.41) is 3.44. The van der Waals surface area contributed by atoms with E-state index in [1.54, 1.807) is 11.3 Å². The Balaban J connectivity index is 3.14. The van der Waals surface area contributed by atoms with Crippen molar-refractivity contribution in [2.75, 3.05) is 0 Å². The molecule has 0 aromatic carbocycles. The third-order valence-corrected chi connectivity index (χ3v) is 3.64. The number of nitrogens with zero attached hydrogens (tertiary/aromatic N) is 1. The molecule has 0 bridgehead atoms. The summed E-state index contributed by atoms with van der Waals surface area (Å²) in [6.45, 7) is 15.9. The van der Waals surface area contributed by atoms with Gasteiger partial charge in [-0.2, -0.15) is 0 Å². The van der Waals surface area contributed by atoms with Gasteiger partial charge < -0.3 is 0 Å². The van der Waals surface area contributed by atoms with Crippen molar-refractivity contribution in [3.05, 3.63) is 16.1 Å². The summed E-state index contributed by atoms with van der Waals surface area (Å²) in [5.41, 5.74) is 1.68. The van der Waals surface area contributed by atoms with Crippen LogP contribution in [0.3, 0.4) is 0 Å². The van der Waals surface area contributed by atoms with E-state index >= 15 is 0 Å². The van der Waals surface area contributed by atoms with Gasteiger partial charge >= 0.3 is 0 Å². The average Bonchev–Trinajstić information content (AvgIpc) is 2.28. The van der Waals surface area contributed by atoms with Gasteiger partial charge in [-0.1, -0.05) is 41.5 Å². The van der Waals surface area contributed by atoms with Crippen LogP contribution in [-0.2, 0) is 0 Å². The molecule has 0 saturated heterocycles. The standard InChI is InChI=1S/C13H23NS/c1-9-8-15-11(14-9)10(12(2,3)4)13(5,6)7/h8,10H,1-7H3. The van der Waals surface area contributed by atoms with Gasteiger partial charge in [0.15, 0.2) is 0 Å². The minimum atomic E-state index is 0.266. The Morgan fingerprint density at radius 1 is 1.07 bits per heavy atom. The van der Waals surface area contributed by atoms with E-state index in [1.807, 2.05) is 0 Å². The van der Waals surface area contributed by atoms with Crippen LogP contribution in [0.2, 0.25) is 0 Å². The largest absolute Gasteiger partial charge is 0.246 e. The zero-order valence-corrected chi connectivity index (χ0v) is 11.8. The van der Waals surface area contributed by atoms with Gasteiger partial charge in [-0.3, -0.25) is 0 Å². The normalized spacial score (nSPS) is 13.6. The molecule has 1 nitrogen and oxygen atoms in total. The van der Waals surface area contributed by atoms with E-state index in [0.29, 0.717) is 5.92 Å². The highest BCUT2D eigenvalue weighted by molar-refractivity contribution is 7.09. The van der Waals surface area contributed by atoms with Crippen LogP contribution in [-0.4, -0.2) is 4.98 Å². The zero-order chi connectivity index (χ0) is 11.9. The van der Waals surface area contributed by atoms with Crippen LogP contribution in [0.5, 0.6) is 0 Å². The molecule has 0 radical (unpaired) electrons. The molecule has 2 heteroatoms. The third kappa shape index (κ3) is 3.04. The summed E-state index contributed by atoms with van der Waals surface area (Å²) < 4.78 is 0. The highest BCUT2D eigenvalue weighted by atomic mass is 32.1. The molecular weight excluding hydrogens is 202 g/mol. The van der Waals surface area contributed by atoms with E-state index in [1.165, 1.54) is 5.01 Å². The SMILES string of the molecule is Cc1csc(C(C(C)(C)C)C(C)(C)C)n1. The summed E-state index contributed by atoms with van der Waals surface area (Å²) in [5.74, 6) is 0.517. The van der Waals surface area contributed by atoms with Gasteiger partial charge in [-0.15, -0.1) is 11.3 Å². The predicted molar refractivity (Wildman–Crippen MR) is 68.5 cm³/mol. The Bertz CT molecular complexity index is 311. The maximum absolute atomic E-state index is 4.66. The monoisotopic (exact) mass is 225 g/mol. The molecule has 0 saturated carbocycles. The molecule has 0 spiro atoms. The van der Waals surface area contributed by atoms with Crippen LogP contribution >= 0.6 is 11.3 Å². The van der Waals surface area contributed by atoms with Crippen LogP contribution in [0.15, 0.2) is 5.38 Å². The summed E-state index contributed by atoms with van der Waals surface area (Å²) in [7, 11) is 0. The lowest BCUT2D eigenvalue weighted by molar-refractivity contribution is 0.175. The maximum atomic E-state index is 4.66. The first-order valence-corrected chi connectivity index (χ1v) is 6.42. The van der Waals surface area contributed by atoms with E-state index in [4.69, 9.17) is 0 Å². The fraction of sp³-hybridized carbons (Fsp3) is 0.769. The van der Waals surface area contributed by atoms with Gasteiger partial charge in [-0.05, 0) is 17.8 Å². The number of hydrogen-bond donors (Lipinski definition) is 0. The van der Waals surface area contributed by atoms with E-state index in [-0.39, 0.29) is 10.8 Å². The summed E-state index contributed by atoms with van der Waals surface area (Å²) >= 11 is 1.80. The van der Waals surface area contributed by atoms with Crippen molar-refractivity contribution in [1.82, 2.24) is 4.98 Å². The number of aryl methyl sites for hydroxylation is 1. The Kier molecular flexibility index (Phi) is 3.30. The molecule has 15 heavy (non-hydrogen) atoms. The molecule has 0 N–H and O–H groups in total. The van der Waals surface area contributed by atoms with Gasteiger partial charge in [0, 0.05) is 17.0 Å². The van der Waals surface area contributed by atoms with Gasteiger partial charge in [0.05, 0.1) is 5.01 Å². The van der Waals surface area contributed by atoms with Crippen molar-refractivity contribution in [2.45, 2.75) is 54.4 Å². The Morgan fingerprint density at radius 2 is 1.53 bits per heavy atom. The molecule has 0 amide bonds. The van der Waals surface area contributed by atoms with E-state index < -0.39 is 0 Å². The molecule has 86 valence electrons. The molecule has 1 heterocycles. The zero-order valence-electron chi connectivity index (χ0n) is 11.0. The predicted octanol–water partition coefficient (Wildman–Crippen LogP) is 4.63. The van der Waals surface area contributed by atoms with Crippen molar-refractivity contribution in [3.63, 3.8) is 0 Å². The number of rotatable bonds is 1. The molecule has 0 aliphatic carbocycles. The van der Waals surface area contributed by atoms with E-state index in [0.717, 1.165) is 5.69 Å². The molecule has 1 aromatic heterocycles. The van der Waals surface area contributed by atoms with Crippen molar-refractivity contribution >= 4 is 11.3 Å². The fourth-order valence-electron chi connectivity index (χ4n) is 2.54. The minimum absolute atomic E-state index is 0.266. The highest BCUT2D eigenvalue weighted by Crippen LogP contribution is 2.47. The maximum Gasteiger partial charge on any atom is 0.0969 e. The Morgan fingerprint density at radius 3 is 1.80 bits per heavy atom. The van der Waals surface area contributed by atoms with Crippen molar-refractivity contribution < 1.29 is 0 Å². The van der Waals surface area contributed by atoms with Crippen LogP contribution in [0.4, 0.5) is 0 Å².